The van der Waals surface area contributed by atoms with E-state index in [-0.39, 0.29) is 0 Å². The van der Waals surface area contributed by atoms with Gasteiger partial charge in [0, 0.05) is 10.9 Å². The minimum absolute atomic E-state index is 0.755. The molecule has 1 rings (SSSR count). The van der Waals surface area contributed by atoms with Crippen molar-refractivity contribution in [3.8, 4) is 0 Å². The second-order valence-corrected chi connectivity index (χ2v) is 5.49. The summed E-state index contributed by atoms with van der Waals surface area (Å²) >= 11 is 3.68. The molecule has 0 aromatic rings. The maximum atomic E-state index is 3.68. The average Bonchev–Trinajstić information content (AvgIpc) is 2.04. The Bertz CT molecular complexity index is 128. The molecule has 1 unspecified atom stereocenters. The molecule has 0 amide bonds. The maximum Gasteiger partial charge on any atom is 0.0170 e. The van der Waals surface area contributed by atoms with Crippen LogP contribution in [0.15, 0.2) is 0 Å². The van der Waals surface area contributed by atoms with Crippen LogP contribution in [0.3, 0.4) is 0 Å². The van der Waals surface area contributed by atoms with E-state index in [1.165, 1.54) is 25.9 Å². The lowest BCUT2D eigenvalue weighted by Crippen LogP contribution is -2.42. The highest BCUT2D eigenvalue weighted by molar-refractivity contribution is 9.09. The Morgan fingerprint density at radius 2 is 1.67 bits per heavy atom. The van der Waals surface area contributed by atoms with Crippen LogP contribution in [0.2, 0.25) is 0 Å². The second-order valence-electron chi connectivity index (χ2n) is 4.20. The maximum absolute atomic E-state index is 3.68. The van der Waals surface area contributed by atoms with E-state index in [9.17, 15) is 0 Å². The molecule has 2 heteroatoms. The number of likely N-dealkylation sites (tertiary alicyclic amines) is 1. The van der Waals surface area contributed by atoms with Gasteiger partial charge in [-0.25, -0.2) is 0 Å². The van der Waals surface area contributed by atoms with Crippen LogP contribution in [-0.4, -0.2) is 28.9 Å². The third-order valence-electron chi connectivity index (χ3n) is 3.00. The highest BCUT2D eigenvalue weighted by atomic mass is 79.9. The Labute approximate surface area is 84.6 Å². The molecule has 0 aromatic heterocycles. The van der Waals surface area contributed by atoms with E-state index in [1.54, 1.807) is 0 Å². The Morgan fingerprint density at radius 3 is 2.08 bits per heavy atom. The van der Waals surface area contributed by atoms with Gasteiger partial charge in [0.25, 0.3) is 0 Å². The molecule has 1 aliphatic heterocycles. The van der Waals surface area contributed by atoms with E-state index in [0.717, 1.165) is 16.8 Å². The molecular formula is C10H20BrN. The summed E-state index contributed by atoms with van der Waals surface area (Å²) in [7, 11) is 0. The fourth-order valence-electron chi connectivity index (χ4n) is 1.70. The number of nitrogens with zero attached hydrogens (tertiary/aromatic N) is 1. The van der Waals surface area contributed by atoms with Gasteiger partial charge in [-0.2, -0.15) is 0 Å². The van der Waals surface area contributed by atoms with Crippen molar-refractivity contribution in [3.05, 3.63) is 0 Å². The van der Waals surface area contributed by atoms with Crippen LogP contribution in [0, 0.1) is 5.92 Å². The van der Waals surface area contributed by atoms with Crippen LogP contribution in [0.5, 0.6) is 0 Å². The van der Waals surface area contributed by atoms with Crippen LogP contribution in [0.4, 0.5) is 0 Å². The van der Waals surface area contributed by atoms with Crippen molar-refractivity contribution in [3.63, 3.8) is 0 Å². The summed E-state index contributed by atoms with van der Waals surface area (Å²) in [6, 6.07) is 0.755. The summed E-state index contributed by atoms with van der Waals surface area (Å²) in [6.45, 7) is 9.51. The molecule has 0 radical (unpaired) electrons. The lowest BCUT2D eigenvalue weighted by molar-refractivity contribution is 0.144. The van der Waals surface area contributed by atoms with E-state index in [0.29, 0.717) is 0 Å². The van der Waals surface area contributed by atoms with Crippen molar-refractivity contribution in [2.75, 3.05) is 13.1 Å². The van der Waals surface area contributed by atoms with Gasteiger partial charge in [-0.3, -0.25) is 0 Å². The first kappa shape index (κ1) is 10.5. The first-order valence-corrected chi connectivity index (χ1v) is 5.91. The summed E-state index contributed by atoms with van der Waals surface area (Å²) in [5.41, 5.74) is 0. The predicted octanol–water partition coefficient (Wildman–Crippen LogP) is 2.89. The van der Waals surface area contributed by atoms with Crippen molar-refractivity contribution < 1.29 is 0 Å². The molecule has 1 atom stereocenters. The highest BCUT2D eigenvalue weighted by Crippen LogP contribution is 2.21. The smallest absolute Gasteiger partial charge is 0.0170 e. The van der Waals surface area contributed by atoms with Crippen LogP contribution < -0.4 is 0 Å². The predicted molar refractivity (Wildman–Crippen MR) is 57.8 cm³/mol. The van der Waals surface area contributed by atoms with Crippen molar-refractivity contribution >= 4 is 15.9 Å². The molecular weight excluding hydrogens is 214 g/mol. The molecule has 1 nitrogen and oxygen atoms in total. The van der Waals surface area contributed by atoms with E-state index in [1.807, 2.05) is 0 Å². The van der Waals surface area contributed by atoms with Crippen molar-refractivity contribution in [2.24, 2.45) is 5.92 Å². The molecule has 0 aromatic carbocycles. The molecule has 1 fully saturated rings. The Kier molecular flexibility index (Phi) is 4.04. The monoisotopic (exact) mass is 233 g/mol. The SMILES string of the molecule is CC(C)C(C)N1CCC(Br)CC1. The second kappa shape index (κ2) is 4.61. The summed E-state index contributed by atoms with van der Waals surface area (Å²) in [4.78, 5) is 3.38. The minimum atomic E-state index is 0.755. The number of halogens is 1. The Hall–Kier alpha value is 0.440. The third-order valence-corrected chi connectivity index (χ3v) is 3.92. The molecule has 1 heterocycles. The number of piperidine rings is 1. The fourth-order valence-corrected chi connectivity index (χ4v) is 2.11. The van der Waals surface area contributed by atoms with E-state index in [4.69, 9.17) is 0 Å². The zero-order chi connectivity index (χ0) is 9.14. The number of alkyl halides is 1. The first-order valence-electron chi connectivity index (χ1n) is 4.99. The summed E-state index contributed by atoms with van der Waals surface area (Å²) in [5.74, 6) is 0.789. The lowest BCUT2D eigenvalue weighted by atomic mass is 10.0. The number of hydrogen-bond acceptors (Lipinski definition) is 1. The molecule has 72 valence electrons. The molecule has 0 bridgehead atoms. The van der Waals surface area contributed by atoms with Gasteiger partial charge in [0.15, 0.2) is 0 Å². The molecule has 0 spiro atoms. The van der Waals surface area contributed by atoms with E-state index in [2.05, 4.69) is 41.6 Å². The van der Waals surface area contributed by atoms with Crippen LogP contribution in [0.1, 0.15) is 33.6 Å². The third kappa shape index (κ3) is 2.74. The topological polar surface area (TPSA) is 3.24 Å². The van der Waals surface area contributed by atoms with Gasteiger partial charge in [-0.15, -0.1) is 0 Å². The fraction of sp³-hybridized carbons (Fsp3) is 1.00. The molecule has 0 N–H and O–H groups in total. The molecule has 12 heavy (non-hydrogen) atoms. The van der Waals surface area contributed by atoms with Gasteiger partial charge >= 0.3 is 0 Å². The van der Waals surface area contributed by atoms with Gasteiger partial charge in [-0.05, 0) is 38.8 Å². The minimum Gasteiger partial charge on any atom is -0.300 e. The molecule has 0 aliphatic carbocycles. The van der Waals surface area contributed by atoms with Crippen molar-refractivity contribution in [2.45, 2.75) is 44.5 Å². The summed E-state index contributed by atoms with van der Waals surface area (Å²) < 4.78 is 0. The average molecular weight is 234 g/mol. The van der Waals surface area contributed by atoms with Crippen LogP contribution in [0.25, 0.3) is 0 Å². The van der Waals surface area contributed by atoms with E-state index >= 15 is 0 Å². The molecule has 1 aliphatic rings. The quantitative estimate of drug-likeness (QED) is 0.664. The van der Waals surface area contributed by atoms with Gasteiger partial charge < -0.3 is 4.90 Å². The Balaban J connectivity index is 2.34. The highest BCUT2D eigenvalue weighted by Gasteiger charge is 2.22. The zero-order valence-electron chi connectivity index (χ0n) is 8.39. The molecule has 0 saturated carbocycles. The standard InChI is InChI=1S/C10H20BrN/c1-8(2)9(3)12-6-4-10(11)5-7-12/h8-10H,4-7H2,1-3H3. The van der Waals surface area contributed by atoms with Crippen LogP contribution >= 0.6 is 15.9 Å². The van der Waals surface area contributed by atoms with Gasteiger partial charge in [0.1, 0.15) is 0 Å². The summed E-state index contributed by atoms with van der Waals surface area (Å²) in [5, 5.41) is 0. The number of hydrogen-bond donors (Lipinski definition) is 0. The first-order chi connectivity index (χ1) is 5.61. The normalized spacial score (nSPS) is 24.8. The van der Waals surface area contributed by atoms with Gasteiger partial charge in [0.05, 0.1) is 0 Å². The van der Waals surface area contributed by atoms with Crippen molar-refractivity contribution in [1.29, 1.82) is 0 Å². The lowest BCUT2D eigenvalue weighted by Gasteiger charge is -2.36. The molecule has 1 saturated heterocycles. The van der Waals surface area contributed by atoms with Crippen LogP contribution in [-0.2, 0) is 0 Å². The van der Waals surface area contributed by atoms with Crippen molar-refractivity contribution in [1.82, 2.24) is 4.90 Å². The van der Waals surface area contributed by atoms with Gasteiger partial charge in [-0.1, -0.05) is 29.8 Å². The zero-order valence-corrected chi connectivity index (χ0v) is 9.97. The largest absolute Gasteiger partial charge is 0.300 e. The van der Waals surface area contributed by atoms with E-state index < -0.39 is 0 Å². The Morgan fingerprint density at radius 1 is 1.17 bits per heavy atom. The number of rotatable bonds is 2. The summed E-state index contributed by atoms with van der Waals surface area (Å²) in [6.07, 6.45) is 2.63. The van der Waals surface area contributed by atoms with Gasteiger partial charge in [0.2, 0.25) is 0 Å².